The molecule has 2 aromatic carbocycles. The fourth-order valence-electron chi connectivity index (χ4n) is 2.36. The lowest BCUT2D eigenvalue weighted by atomic mass is 9.91. The summed E-state index contributed by atoms with van der Waals surface area (Å²) in [5, 5.41) is 11.6. The number of nitrogens with zero attached hydrogens (tertiary/aromatic N) is 1. The van der Waals surface area contributed by atoms with Crippen molar-refractivity contribution in [3.63, 3.8) is 0 Å². The molecule has 2 aromatic rings. The Morgan fingerprint density at radius 3 is 2.39 bits per heavy atom. The molecule has 0 aliphatic heterocycles. The van der Waals surface area contributed by atoms with Crippen LogP contribution in [0.15, 0.2) is 42.5 Å². The third kappa shape index (κ3) is 4.78. The van der Waals surface area contributed by atoms with Gasteiger partial charge in [-0.3, -0.25) is 14.9 Å². The summed E-state index contributed by atoms with van der Waals surface area (Å²) < 4.78 is 0. The molecule has 0 unspecified atom stereocenters. The van der Waals surface area contributed by atoms with Crippen molar-refractivity contribution in [2.45, 2.75) is 19.3 Å². The summed E-state index contributed by atoms with van der Waals surface area (Å²) in [4.78, 5) is 23.0. The highest BCUT2D eigenvalue weighted by atomic mass is 35.5. The summed E-state index contributed by atoms with van der Waals surface area (Å²) in [5.41, 5.74) is 2.16. The Hall–Kier alpha value is -1.91. The maximum absolute atomic E-state index is 12.5. The van der Waals surface area contributed by atoms with Gasteiger partial charge in [-0.2, -0.15) is 0 Å². The quantitative estimate of drug-likeness (QED) is 0.420. The van der Waals surface area contributed by atoms with Gasteiger partial charge in [0.25, 0.3) is 0 Å². The van der Waals surface area contributed by atoms with E-state index in [9.17, 15) is 14.9 Å². The van der Waals surface area contributed by atoms with Crippen LogP contribution in [0.25, 0.3) is 0 Å². The molecule has 0 aliphatic carbocycles. The lowest BCUT2D eigenvalue weighted by Gasteiger charge is -2.13. The zero-order valence-electron chi connectivity index (χ0n) is 12.5. The number of carbonyl (C=O) groups excluding carboxylic acids is 1. The van der Waals surface area contributed by atoms with E-state index in [0.29, 0.717) is 10.6 Å². The minimum absolute atomic E-state index is 0.0192. The number of rotatable bonds is 6. The number of benzene rings is 2. The molecule has 0 amide bonds. The largest absolute Gasteiger partial charge is 0.294 e. The number of hydrogen-bond donors (Lipinski definition) is 0. The van der Waals surface area contributed by atoms with Crippen LogP contribution in [0.1, 0.15) is 33.8 Å². The van der Waals surface area contributed by atoms with E-state index < -0.39 is 10.8 Å². The van der Waals surface area contributed by atoms with Gasteiger partial charge in [0.2, 0.25) is 6.54 Å². The molecule has 0 spiro atoms. The van der Waals surface area contributed by atoms with Crippen molar-refractivity contribution in [1.29, 1.82) is 0 Å². The molecule has 23 heavy (non-hydrogen) atoms. The Kier molecular flexibility index (Phi) is 5.74. The van der Waals surface area contributed by atoms with Crippen molar-refractivity contribution in [3.05, 3.63) is 79.3 Å². The fourth-order valence-corrected chi connectivity index (χ4v) is 2.87. The Bertz CT molecular complexity index is 729. The monoisotopic (exact) mass is 351 g/mol. The molecule has 0 radical (unpaired) electrons. The second-order valence-electron chi connectivity index (χ2n) is 5.37. The fraction of sp³-hybridized carbons (Fsp3) is 0.235. The smallest absolute Gasteiger partial charge is 0.211 e. The second kappa shape index (κ2) is 7.57. The summed E-state index contributed by atoms with van der Waals surface area (Å²) in [5.74, 6) is -0.732. The summed E-state index contributed by atoms with van der Waals surface area (Å²) in [7, 11) is 0. The SMILES string of the molecule is Cc1ccc([C@H](CC(=O)c2ccc(Cl)cc2Cl)C[N+](=O)[O-])cc1. The molecule has 2 rings (SSSR count). The molecule has 0 saturated carbocycles. The Morgan fingerprint density at radius 2 is 1.83 bits per heavy atom. The van der Waals surface area contributed by atoms with Crippen LogP contribution in [-0.4, -0.2) is 17.3 Å². The van der Waals surface area contributed by atoms with Gasteiger partial charge in [-0.15, -0.1) is 0 Å². The van der Waals surface area contributed by atoms with Crippen LogP contribution in [0.3, 0.4) is 0 Å². The number of ketones is 1. The Labute approximate surface area is 144 Å². The summed E-state index contributed by atoms with van der Waals surface area (Å²) in [6.07, 6.45) is 0.0192. The van der Waals surface area contributed by atoms with Crippen LogP contribution < -0.4 is 0 Å². The maximum atomic E-state index is 12.5. The summed E-state index contributed by atoms with van der Waals surface area (Å²) >= 11 is 11.9. The second-order valence-corrected chi connectivity index (χ2v) is 6.22. The van der Waals surface area contributed by atoms with Crippen molar-refractivity contribution >= 4 is 29.0 Å². The Balaban J connectivity index is 2.24. The first kappa shape index (κ1) is 17.4. The first-order valence-corrected chi connectivity index (χ1v) is 7.79. The van der Waals surface area contributed by atoms with E-state index >= 15 is 0 Å². The van der Waals surface area contributed by atoms with Gasteiger partial charge in [0.1, 0.15) is 0 Å². The average molecular weight is 352 g/mol. The zero-order chi connectivity index (χ0) is 17.0. The molecule has 1 atom stereocenters. The number of carbonyl (C=O) groups is 1. The number of hydrogen-bond acceptors (Lipinski definition) is 3. The standard InChI is InChI=1S/C17H15Cl2NO3/c1-11-2-4-12(5-3-11)13(10-20(22)23)8-17(21)15-7-6-14(18)9-16(15)19/h2-7,9,13H,8,10H2,1H3/t13-/m1/s1. The van der Waals surface area contributed by atoms with E-state index in [2.05, 4.69) is 0 Å². The maximum Gasteiger partial charge on any atom is 0.211 e. The van der Waals surface area contributed by atoms with Crippen LogP contribution in [0.5, 0.6) is 0 Å². The molecule has 120 valence electrons. The van der Waals surface area contributed by atoms with E-state index in [-0.39, 0.29) is 23.8 Å². The first-order valence-electron chi connectivity index (χ1n) is 7.03. The van der Waals surface area contributed by atoms with Gasteiger partial charge in [0.05, 0.1) is 10.9 Å². The van der Waals surface area contributed by atoms with Gasteiger partial charge in [-0.1, -0.05) is 53.0 Å². The van der Waals surface area contributed by atoms with Gasteiger partial charge >= 0.3 is 0 Å². The lowest BCUT2D eigenvalue weighted by molar-refractivity contribution is -0.483. The summed E-state index contributed by atoms with van der Waals surface area (Å²) in [6.45, 7) is 1.63. The minimum atomic E-state index is -0.496. The molecule has 0 aromatic heterocycles. The van der Waals surface area contributed by atoms with E-state index in [1.54, 1.807) is 12.1 Å². The van der Waals surface area contributed by atoms with Gasteiger partial charge < -0.3 is 0 Å². The molecule has 6 heteroatoms. The van der Waals surface area contributed by atoms with Crippen LogP contribution in [0, 0.1) is 17.0 Å². The predicted molar refractivity (Wildman–Crippen MR) is 91.2 cm³/mol. The van der Waals surface area contributed by atoms with Crippen LogP contribution in [-0.2, 0) is 0 Å². The van der Waals surface area contributed by atoms with Crippen molar-refractivity contribution in [3.8, 4) is 0 Å². The Morgan fingerprint density at radius 1 is 1.17 bits per heavy atom. The molecule has 4 nitrogen and oxygen atoms in total. The lowest BCUT2D eigenvalue weighted by Crippen LogP contribution is -2.17. The number of nitro groups is 1. The third-order valence-electron chi connectivity index (χ3n) is 3.58. The average Bonchev–Trinajstić information content (AvgIpc) is 2.46. The molecule has 0 fully saturated rings. The molecular formula is C17H15Cl2NO3. The number of Topliss-reactive ketones (excluding diaryl/α,β-unsaturated/α-hetero) is 1. The molecule has 0 heterocycles. The van der Waals surface area contributed by atoms with Gasteiger partial charge in [0, 0.05) is 21.9 Å². The third-order valence-corrected chi connectivity index (χ3v) is 4.13. The van der Waals surface area contributed by atoms with E-state index in [4.69, 9.17) is 23.2 Å². The van der Waals surface area contributed by atoms with E-state index in [0.717, 1.165) is 11.1 Å². The van der Waals surface area contributed by atoms with Crippen LogP contribution in [0.4, 0.5) is 0 Å². The number of aryl methyl sites for hydroxylation is 1. The molecular weight excluding hydrogens is 337 g/mol. The molecule has 0 N–H and O–H groups in total. The van der Waals surface area contributed by atoms with Crippen molar-refractivity contribution in [2.24, 2.45) is 0 Å². The first-order chi connectivity index (χ1) is 10.9. The summed E-state index contributed by atoms with van der Waals surface area (Å²) in [6, 6.07) is 12.0. The normalized spacial score (nSPS) is 12.0. The van der Waals surface area contributed by atoms with Gasteiger partial charge in [0.15, 0.2) is 5.78 Å². The molecule has 0 bridgehead atoms. The predicted octanol–water partition coefficient (Wildman–Crippen LogP) is 4.94. The highest BCUT2D eigenvalue weighted by molar-refractivity contribution is 6.36. The topological polar surface area (TPSA) is 60.2 Å². The van der Waals surface area contributed by atoms with Crippen molar-refractivity contribution in [2.75, 3.05) is 6.54 Å². The highest BCUT2D eigenvalue weighted by Gasteiger charge is 2.23. The zero-order valence-corrected chi connectivity index (χ0v) is 14.0. The minimum Gasteiger partial charge on any atom is -0.294 e. The van der Waals surface area contributed by atoms with Crippen LogP contribution >= 0.6 is 23.2 Å². The number of halogens is 2. The highest BCUT2D eigenvalue weighted by Crippen LogP contribution is 2.27. The molecule has 0 saturated heterocycles. The molecule has 0 aliphatic rings. The van der Waals surface area contributed by atoms with Crippen molar-refractivity contribution < 1.29 is 9.72 Å². The van der Waals surface area contributed by atoms with Gasteiger partial charge in [-0.05, 0) is 30.7 Å². The van der Waals surface area contributed by atoms with Crippen molar-refractivity contribution in [1.82, 2.24) is 0 Å². The van der Waals surface area contributed by atoms with E-state index in [1.165, 1.54) is 6.07 Å². The van der Waals surface area contributed by atoms with Gasteiger partial charge in [-0.25, -0.2) is 0 Å². The van der Waals surface area contributed by atoms with E-state index in [1.807, 2.05) is 31.2 Å². The van der Waals surface area contributed by atoms with Crippen LogP contribution in [0.2, 0.25) is 10.0 Å².